The van der Waals surface area contributed by atoms with Gasteiger partial charge in [0.1, 0.15) is 23.0 Å². The standard InChI is InChI=1S/C102H62N4O2/c1-2-24-65(25-3-1)91-62-94(82-39-21-27-64-23-6-7-34-77(64)82)106-100(103-91)76-33-20-30-69(57-76)72-50-53-98-90(60-72)102(85-42-14-10-37-80(85)81-38-11-15-43-86(81)102)89-59-70(48-52-97(89)108-98)67-28-18-31-73(55-67)92-61-93(74-47-46-63-22-4-5-26-66(63)54-74)105-99(104-92)75-32-19-29-68(56-75)71-49-51-96-88(58-71)101(87-44-16-17-45-95(87)107-96)83-40-12-8-35-78(83)79-36-9-13-41-84(79)101/h1-62H. The lowest BCUT2D eigenvalue weighted by atomic mass is 9.65. The van der Waals surface area contributed by atoms with E-state index < -0.39 is 10.8 Å². The number of ether oxygens (including phenoxy) is 2. The quantitative estimate of drug-likeness (QED) is 0.143. The summed E-state index contributed by atoms with van der Waals surface area (Å²) in [6, 6.07) is 135. The van der Waals surface area contributed by atoms with Gasteiger partial charge in [-0.1, -0.05) is 297 Å². The predicted octanol–water partition coefficient (Wildman–Crippen LogP) is 25.5. The molecule has 2 aliphatic carbocycles. The van der Waals surface area contributed by atoms with E-state index in [1.807, 2.05) is 6.07 Å². The zero-order valence-electron chi connectivity index (χ0n) is 58.4. The largest absolute Gasteiger partial charge is 0.457 e. The lowest BCUT2D eigenvalue weighted by molar-refractivity contribution is 0.436. The van der Waals surface area contributed by atoms with Gasteiger partial charge in [0.25, 0.3) is 0 Å². The Bertz CT molecular complexity index is 6700. The van der Waals surface area contributed by atoms with Crippen molar-refractivity contribution in [3.05, 3.63) is 421 Å². The summed E-state index contributed by atoms with van der Waals surface area (Å²) < 4.78 is 14.1. The maximum atomic E-state index is 7.22. The molecule has 0 saturated heterocycles. The van der Waals surface area contributed by atoms with E-state index >= 15 is 0 Å². The van der Waals surface area contributed by atoms with Crippen molar-refractivity contribution in [2.24, 2.45) is 0 Å². The molecule has 2 aromatic heterocycles. The van der Waals surface area contributed by atoms with E-state index in [4.69, 9.17) is 29.4 Å². The molecule has 0 unspecified atom stereocenters. The molecule has 6 heteroatoms. The highest BCUT2D eigenvalue weighted by molar-refractivity contribution is 5.98. The molecule has 502 valence electrons. The zero-order chi connectivity index (χ0) is 71.0. The molecule has 18 aromatic rings. The molecule has 0 radical (unpaired) electrons. The molecule has 16 aromatic carbocycles. The second-order valence-corrected chi connectivity index (χ2v) is 28.6. The van der Waals surface area contributed by atoms with Crippen molar-refractivity contribution < 1.29 is 9.47 Å². The molecule has 2 aliphatic heterocycles. The first-order chi connectivity index (χ1) is 53.5. The molecular formula is C102H62N4O2. The van der Waals surface area contributed by atoms with Gasteiger partial charge in [0.15, 0.2) is 11.6 Å². The molecule has 0 N–H and O–H groups in total. The lowest BCUT2D eigenvalue weighted by Crippen LogP contribution is -2.32. The number of fused-ring (bicyclic) bond motifs is 20. The Kier molecular flexibility index (Phi) is 13.7. The van der Waals surface area contributed by atoms with Gasteiger partial charge in [-0.2, -0.15) is 0 Å². The smallest absolute Gasteiger partial charge is 0.160 e. The van der Waals surface area contributed by atoms with Crippen molar-refractivity contribution in [1.29, 1.82) is 0 Å². The highest BCUT2D eigenvalue weighted by atomic mass is 16.5. The predicted molar refractivity (Wildman–Crippen MR) is 436 cm³/mol. The maximum absolute atomic E-state index is 7.22. The van der Waals surface area contributed by atoms with Crippen LogP contribution in [0.5, 0.6) is 23.0 Å². The van der Waals surface area contributed by atoms with E-state index in [2.05, 4.69) is 370 Å². The second kappa shape index (κ2) is 24.2. The lowest BCUT2D eigenvalue weighted by Gasteiger charge is -2.40. The number of benzene rings is 16. The summed E-state index contributed by atoms with van der Waals surface area (Å²) in [5.41, 5.74) is 28.4. The van der Waals surface area contributed by atoms with E-state index in [0.29, 0.717) is 11.6 Å². The first-order valence-corrected chi connectivity index (χ1v) is 36.9. The fourth-order valence-electron chi connectivity index (χ4n) is 18.0. The van der Waals surface area contributed by atoms with Crippen molar-refractivity contribution >= 4 is 21.5 Å². The van der Waals surface area contributed by atoms with E-state index in [1.165, 1.54) is 49.9 Å². The molecule has 0 fully saturated rings. The molecule has 0 amide bonds. The van der Waals surface area contributed by atoms with Crippen LogP contribution in [-0.2, 0) is 10.8 Å². The third kappa shape index (κ3) is 9.46. The SMILES string of the molecule is c1ccc(-c2cc(-c3cccc4ccccc34)nc(-c3cccc(-c4ccc5c(c4)C4(c6cc(-c7cccc(-c8cc(-c9ccc%10ccccc%10c9)nc(-c9cccc(-c%10ccc%11c(c%10)C%10(c%12ccccc%12O%11)c%11ccccc%11-c%11ccccc%11%10)c9)n8)c7)ccc6O5)c5ccccc5-c5ccccc54)c3)n2)cc1. The van der Waals surface area contributed by atoms with Crippen LogP contribution in [0, 0.1) is 0 Å². The average molecular weight is 1380 g/mol. The number of nitrogens with zero attached hydrogens (tertiary/aromatic N) is 4. The molecule has 0 saturated carbocycles. The number of hydrogen-bond donors (Lipinski definition) is 0. The monoisotopic (exact) mass is 1370 g/mol. The fraction of sp³-hybridized carbons (Fsp3) is 0.0196. The van der Waals surface area contributed by atoms with E-state index in [9.17, 15) is 0 Å². The molecule has 0 bridgehead atoms. The Morgan fingerprint density at radius 2 is 0.509 bits per heavy atom. The Hall–Kier alpha value is -14.2. The maximum Gasteiger partial charge on any atom is 0.160 e. The molecule has 4 heterocycles. The third-order valence-electron chi connectivity index (χ3n) is 22.8. The van der Waals surface area contributed by atoms with Gasteiger partial charge < -0.3 is 9.47 Å². The van der Waals surface area contributed by atoms with Crippen molar-refractivity contribution in [1.82, 2.24) is 19.9 Å². The third-order valence-corrected chi connectivity index (χ3v) is 22.8. The number of aromatic nitrogens is 4. The van der Waals surface area contributed by atoms with Crippen LogP contribution in [-0.4, -0.2) is 19.9 Å². The Balaban J connectivity index is 0.661. The summed E-state index contributed by atoms with van der Waals surface area (Å²) >= 11 is 0. The van der Waals surface area contributed by atoms with Crippen LogP contribution in [0.15, 0.2) is 376 Å². The highest BCUT2D eigenvalue weighted by Crippen LogP contribution is 2.65. The van der Waals surface area contributed by atoms with Crippen LogP contribution in [0.2, 0.25) is 0 Å². The Morgan fingerprint density at radius 1 is 0.176 bits per heavy atom. The molecule has 2 spiro atoms. The van der Waals surface area contributed by atoms with Crippen LogP contribution < -0.4 is 9.47 Å². The van der Waals surface area contributed by atoms with Gasteiger partial charge in [-0.3, -0.25) is 0 Å². The summed E-state index contributed by atoms with van der Waals surface area (Å²) in [6.45, 7) is 0. The van der Waals surface area contributed by atoms with Gasteiger partial charge in [-0.25, -0.2) is 19.9 Å². The van der Waals surface area contributed by atoms with Gasteiger partial charge in [-0.15, -0.1) is 0 Å². The summed E-state index contributed by atoms with van der Waals surface area (Å²) in [5, 5.41) is 4.61. The summed E-state index contributed by atoms with van der Waals surface area (Å²) in [5.74, 6) is 4.62. The van der Waals surface area contributed by atoms with E-state index in [0.717, 1.165) is 151 Å². The van der Waals surface area contributed by atoms with Crippen LogP contribution in [0.1, 0.15) is 44.5 Å². The van der Waals surface area contributed by atoms with Crippen molar-refractivity contribution in [3.63, 3.8) is 0 Å². The molecule has 22 rings (SSSR count). The van der Waals surface area contributed by atoms with Gasteiger partial charge >= 0.3 is 0 Å². The molecule has 108 heavy (non-hydrogen) atoms. The van der Waals surface area contributed by atoms with Crippen molar-refractivity contribution in [2.75, 3.05) is 0 Å². The normalized spacial score (nSPS) is 13.3. The van der Waals surface area contributed by atoms with Crippen LogP contribution in [0.3, 0.4) is 0 Å². The molecular weight excluding hydrogens is 1310 g/mol. The fourth-order valence-corrected chi connectivity index (χ4v) is 18.0. The zero-order valence-corrected chi connectivity index (χ0v) is 58.4. The number of para-hydroxylation sites is 1. The Morgan fingerprint density at radius 3 is 1.06 bits per heavy atom. The van der Waals surface area contributed by atoms with Crippen LogP contribution >= 0.6 is 0 Å². The van der Waals surface area contributed by atoms with Crippen molar-refractivity contribution in [2.45, 2.75) is 10.8 Å². The van der Waals surface area contributed by atoms with Crippen LogP contribution in [0.4, 0.5) is 0 Å². The summed E-state index contributed by atoms with van der Waals surface area (Å²) in [4.78, 5) is 21.8. The topological polar surface area (TPSA) is 70.0 Å². The first-order valence-electron chi connectivity index (χ1n) is 36.9. The summed E-state index contributed by atoms with van der Waals surface area (Å²) in [6.07, 6.45) is 0. The first kappa shape index (κ1) is 61.3. The minimum absolute atomic E-state index is 0.599. The molecule has 0 atom stereocenters. The van der Waals surface area contributed by atoms with Gasteiger partial charge in [0, 0.05) is 55.6 Å². The van der Waals surface area contributed by atoms with Gasteiger partial charge in [-0.05, 0) is 178 Å². The number of rotatable bonds is 9. The van der Waals surface area contributed by atoms with Gasteiger partial charge in [0.2, 0.25) is 0 Å². The summed E-state index contributed by atoms with van der Waals surface area (Å²) in [7, 11) is 0. The average Bonchev–Trinajstić information content (AvgIpc) is 1.49. The van der Waals surface area contributed by atoms with E-state index in [1.54, 1.807) is 0 Å². The van der Waals surface area contributed by atoms with Gasteiger partial charge in [0.05, 0.1) is 33.6 Å². The molecule has 4 aliphatic rings. The number of hydrogen-bond acceptors (Lipinski definition) is 6. The minimum atomic E-state index is -0.768. The minimum Gasteiger partial charge on any atom is -0.457 e. The van der Waals surface area contributed by atoms with Crippen molar-refractivity contribution in [3.8, 4) is 146 Å². The second-order valence-electron chi connectivity index (χ2n) is 28.6. The molecule has 6 nitrogen and oxygen atoms in total. The Labute approximate surface area is 624 Å². The highest BCUT2D eigenvalue weighted by Gasteiger charge is 2.53. The van der Waals surface area contributed by atoms with E-state index in [-0.39, 0.29) is 0 Å². The van der Waals surface area contributed by atoms with Crippen LogP contribution in [0.25, 0.3) is 145 Å².